The van der Waals surface area contributed by atoms with Gasteiger partial charge in [0.15, 0.2) is 0 Å². The number of thiophene rings is 1. The molecule has 9 heteroatoms. The molecule has 0 radical (unpaired) electrons. The summed E-state index contributed by atoms with van der Waals surface area (Å²) in [6.45, 7) is 1.70. The molecular weight excluding hydrogens is 430 g/mol. The monoisotopic (exact) mass is 451 g/mol. The highest BCUT2D eigenvalue weighted by Gasteiger charge is 2.18. The van der Waals surface area contributed by atoms with Crippen molar-refractivity contribution in [2.75, 3.05) is 19.5 Å². The summed E-state index contributed by atoms with van der Waals surface area (Å²) in [5, 5.41) is 4.51. The normalized spacial score (nSPS) is 10.8. The van der Waals surface area contributed by atoms with Crippen LogP contribution < -0.4 is 26.0 Å². The molecule has 0 spiro atoms. The van der Waals surface area contributed by atoms with Crippen LogP contribution in [0.2, 0.25) is 0 Å². The largest absolute Gasteiger partial charge is 0.497 e. The van der Waals surface area contributed by atoms with E-state index < -0.39 is 11.2 Å². The molecule has 0 fully saturated rings. The number of nitrogens with one attached hydrogen (secondary N) is 1. The van der Waals surface area contributed by atoms with Crippen molar-refractivity contribution in [3.05, 3.63) is 80.3 Å². The molecule has 8 nitrogen and oxygen atoms in total. The standard InChI is InChI=1S/C23H21N3O5S/c1-14-4-6-15(7-5-14)24-20(27)13-25-19-8-9-32-21(19)22(28)26(23(25)29)16-10-17(30-2)12-18(11-16)31-3/h4-12H,13H2,1-3H3,(H,24,27). The van der Waals surface area contributed by atoms with Crippen LogP contribution in [0.1, 0.15) is 5.56 Å². The third kappa shape index (κ3) is 4.02. The average molecular weight is 452 g/mol. The lowest BCUT2D eigenvalue weighted by Crippen LogP contribution is -2.40. The summed E-state index contributed by atoms with van der Waals surface area (Å²) in [7, 11) is 2.97. The van der Waals surface area contributed by atoms with Gasteiger partial charge >= 0.3 is 5.69 Å². The molecule has 0 aliphatic heterocycles. The van der Waals surface area contributed by atoms with Crippen molar-refractivity contribution in [3.63, 3.8) is 0 Å². The maximum atomic E-state index is 13.4. The molecule has 1 amide bonds. The van der Waals surface area contributed by atoms with Crippen molar-refractivity contribution in [1.29, 1.82) is 0 Å². The number of methoxy groups -OCH3 is 2. The van der Waals surface area contributed by atoms with E-state index in [0.717, 1.165) is 10.1 Å². The van der Waals surface area contributed by atoms with Gasteiger partial charge in [-0.25, -0.2) is 9.36 Å². The number of carbonyl (C=O) groups excluding carboxylic acids is 1. The Bertz CT molecular complexity index is 1390. The summed E-state index contributed by atoms with van der Waals surface area (Å²) in [6, 6.07) is 13.8. The quantitative estimate of drug-likeness (QED) is 0.486. The van der Waals surface area contributed by atoms with Gasteiger partial charge in [0.25, 0.3) is 5.56 Å². The number of amides is 1. The zero-order valence-corrected chi connectivity index (χ0v) is 18.6. The summed E-state index contributed by atoms with van der Waals surface area (Å²) in [6.07, 6.45) is 0. The predicted octanol–water partition coefficient (Wildman–Crippen LogP) is 3.18. The van der Waals surface area contributed by atoms with E-state index in [-0.39, 0.29) is 12.5 Å². The maximum absolute atomic E-state index is 13.4. The van der Waals surface area contributed by atoms with E-state index in [1.807, 2.05) is 19.1 Å². The smallest absolute Gasteiger partial charge is 0.336 e. The van der Waals surface area contributed by atoms with Gasteiger partial charge in [-0.05, 0) is 30.5 Å². The number of ether oxygens (including phenoxy) is 2. The number of carbonyl (C=O) groups is 1. The fourth-order valence-electron chi connectivity index (χ4n) is 3.37. The lowest BCUT2D eigenvalue weighted by Gasteiger charge is -2.14. The van der Waals surface area contributed by atoms with Gasteiger partial charge in [0.1, 0.15) is 22.7 Å². The number of aromatic nitrogens is 2. The van der Waals surface area contributed by atoms with Crippen LogP contribution in [0.15, 0.2) is 63.5 Å². The number of nitrogens with zero attached hydrogens (tertiary/aromatic N) is 2. The molecule has 1 N–H and O–H groups in total. The van der Waals surface area contributed by atoms with Crippen LogP contribution in [0.5, 0.6) is 11.5 Å². The second-order valence-corrected chi connectivity index (χ2v) is 8.05. The molecule has 2 heterocycles. The Labute approximate surface area is 187 Å². The van der Waals surface area contributed by atoms with E-state index in [0.29, 0.717) is 33.1 Å². The van der Waals surface area contributed by atoms with E-state index in [1.54, 1.807) is 41.8 Å². The van der Waals surface area contributed by atoms with E-state index in [1.165, 1.54) is 30.1 Å². The summed E-state index contributed by atoms with van der Waals surface area (Å²) >= 11 is 1.21. The van der Waals surface area contributed by atoms with Crippen LogP contribution in [0.25, 0.3) is 15.9 Å². The highest BCUT2D eigenvalue weighted by atomic mass is 32.1. The van der Waals surface area contributed by atoms with Crippen molar-refractivity contribution >= 4 is 33.1 Å². The molecule has 0 aliphatic carbocycles. The SMILES string of the molecule is COc1cc(OC)cc(-n2c(=O)c3sccc3n(CC(=O)Nc3ccc(C)cc3)c2=O)c1. The molecule has 164 valence electrons. The van der Waals surface area contributed by atoms with E-state index in [4.69, 9.17) is 9.47 Å². The molecule has 2 aromatic carbocycles. The number of fused-ring (bicyclic) bond motifs is 1. The van der Waals surface area contributed by atoms with Gasteiger partial charge in [-0.1, -0.05) is 17.7 Å². The Morgan fingerprint density at radius 2 is 1.66 bits per heavy atom. The number of hydrogen-bond acceptors (Lipinski definition) is 6. The summed E-state index contributed by atoms with van der Waals surface area (Å²) in [5.41, 5.74) is 1.30. The van der Waals surface area contributed by atoms with Gasteiger partial charge in [0.05, 0.1) is 25.4 Å². The number of anilines is 1. The summed E-state index contributed by atoms with van der Waals surface area (Å²) in [4.78, 5) is 39.3. The zero-order chi connectivity index (χ0) is 22.8. The van der Waals surface area contributed by atoms with Gasteiger partial charge in [-0.2, -0.15) is 0 Å². The minimum Gasteiger partial charge on any atom is -0.497 e. The van der Waals surface area contributed by atoms with Crippen LogP contribution in [0, 0.1) is 6.92 Å². The number of rotatable bonds is 6. The van der Waals surface area contributed by atoms with E-state index in [9.17, 15) is 14.4 Å². The van der Waals surface area contributed by atoms with Gasteiger partial charge in [-0.3, -0.25) is 14.2 Å². The van der Waals surface area contributed by atoms with Crippen LogP contribution in [0.4, 0.5) is 5.69 Å². The molecule has 2 aromatic heterocycles. The predicted molar refractivity (Wildman–Crippen MR) is 125 cm³/mol. The summed E-state index contributed by atoms with van der Waals surface area (Å²) in [5.74, 6) is 0.484. The van der Waals surface area contributed by atoms with Gasteiger partial charge < -0.3 is 14.8 Å². The first-order valence-corrected chi connectivity index (χ1v) is 10.6. The molecule has 0 saturated carbocycles. The zero-order valence-electron chi connectivity index (χ0n) is 17.7. The van der Waals surface area contributed by atoms with Crippen LogP contribution in [0.3, 0.4) is 0 Å². The molecule has 32 heavy (non-hydrogen) atoms. The topological polar surface area (TPSA) is 91.6 Å². The second-order valence-electron chi connectivity index (χ2n) is 7.13. The number of hydrogen-bond donors (Lipinski definition) is 1. The third-order valence-electron chi connectivity index (χ3n) is 4.99. The van der Waals surface area contributed by atoms with Crippen molar-refractivity contribution in [2.24, 2.45) is 0 Å². The fourth-order valence-corrected chi connectivity index (χ4v) is 4.19. The first-order valence-electron chi connectivity index (χ1n) is 9.74. The van der Waals surface area contributed by atoms with Gasteiger partial charge in [0.2, 0.25) is 5.91 Å². The molecule has 4 aromatic rings. The maximum Gasteiger partial charge on any atom is 0.336 e. The molecule has 0 aliphatic rings. The molecule has 0 bridgehead atoms. The van der Waals surface area contributed by atoms with Crippen molar-refractivity contribution in [2.45, 2.75) is 13.5 Å². The molecular formula is C23H21N3O5S. The Morgan fingerprint density at radius 1 is 1.00 bits per heavy atom. The van der Waals surface area contributed by atoms with Crippen LogP contribution in [-0.2, 0) is 11.3 Å². The Hall–Kier alpha value is -3.85. The molecule has 0 saturated heterocycles. The Balaban J connectivity index is 1.82. The van der Waals surface area contributed by atoms with E-state index >= 15 is 0 Å². The number of aryl methyl sites for hydroxylation is 1. The second kappa shape index (κ2) is 8.72. The average Bonchev–Trinajstić information content (AvgIpc) is 3.28. The number of benzene rings is 2. The molecule has 0 unspecified atom stereocenters. The molecule has 0 atom stereocenters. The van der Waals surface area contributed by atoms with Crippen molar-refractivity contribution in [3.8, 4) is 17.2 Å². The van der Waals surface area contributed by atoms with Gasteiger partial charge in [-0.15, -0.1) is 11.3 Å². The first kappa shape index (κ1) is 21.4. The van der Waals surface area contributed by atoms with Crippen molar-refractivity contribution < 1.29 is 14.3 Å². The minimum absolute atomic E-state index is 0.249. The lowest BCUT2D eigenvalue weighted by molar-refractivity contribution is -0.116. The van der Waals surface area contributed by atoms with Crippen LogP contribution >= 0.6 is 11.3 Å². The lowest BCUT2D eigenvalue weighted by atomic mass is 10.2. The van der Waals surface area contributed by atoms with Crippen LogP contribution in [-0.4, -0.2) is 29.3 Å². The Morgan fingerprint density at radius 3 is 2.28 bits per heavy atom. The Kier molecular flexibility index (Phi) is 5.83. The minimum atomic E-state index is -0.629. The first-order chi connectivity index (χ1) is 15.4. The summed E-state index contributed by atoms with van der Waals surface area (Å²) < 4.78 is 13.2. The van der Waals surface area contributed by atoms with Crippen molar-refractivity contribution in [1.82, 2.24) is 9.13 Å². The third-order valence-corrected chi connectivity index (χ3v) is 5.88. The fraction of sp³-hybridized carbons (Fsp3) is 0.174. The van der Waals surface area contributed by atoms with Gasteiger partial charge in [0, 0.05) is 23.9 Å². The highest BCUT2D eigenvalue weighted by Crippen LogP contribution is 2.24. The molecule has 4 rings (SSSR count). The van der Waals surface area contributed by atoms with E-state index in [2.05, 4.69) is 5.32 Å². The highest BCUT2D eigenvalue weighted by molar-refractivity contribution is 7.17.